The van der Waals surface area contributed by atoms with Crippen LogP contribution in [0.5, 0.6) is 0 Å². The Bertz CT molecular complexity index is 445. The van der Waals surface area contributed by atoms with Gasteiger partial charge in [-0.25, -0.2) is 4.39 Å². The summed E-state index contributed by atoms with van der Waals surface area (Å²) in [6.45, 7) is 1.75. The molecule has 2 N–H and O–H groups in total. The van der Waals surface area contributed by atoms with Gasteiger partial charge in [0.25, 0.3) is 0 Å². The second-order valence-electron chi connectivity index (χ2n) is 3.80. The molecule has 0 bridgehead atoms. The second-order valence-corrected chi connectivity index (χ2v) is 4.71. The topological polar surface area (TPSA) is 49.3 Å². The smallest absolute Gasteiger partial charge is 0.244 e. The Hall–Kier alpha value is -1.20. The van der Waals surface area contributed by atoms with E-state index < -0.39 is 5.82 Å². The van der Waals surface area contributed by atoms with Crippen LogP contribution in [0.2, 0.25) is 0 Å². The largest absolute Gasteiger partial charge is 0.394 e. The van der Waals surface area contributed by atoms with E-state index in [-0.39, 0.29) is 18.6 Å². The van der Waals surface area contributed by atoms with Crippen LogP contribution in [0.1, 0.15) is 18.9 Å². The highest BCUT2D eigenvalue weighted by molar-refractivity contribution is 9.10. The highest BCUT2D eigenvalue weighted by Crippen LogP contribution is 2.16. The molecule has 0 saturated heterocycles. The average molecular weight is 316 g/mol. The van der Waals surface area contributed by atoms with Gasteiger partial charge in [-0.1, -0.05) is 22.9 Å². The first-order valence-corrected chi connectivity index (χ1v) is 6.40. The van der Waals surface area contributed by atoms with Crippen LogP contribution in [0.4, 0.5) is 4.39 Å². The first-order valence-electron chi connectivity index (χ1n) is 5.61. The van der Waals surface area contributed by atoms with E-state index in [4.69, 9.17) is 5.11 Å². The molecular formula is C13H15BrFNO2. The van der Waals surface area contributed by atoms with Crippen molar-refractivity contribution in [3.8, 4) is 0 Å². The lowest BCUT2D eigenvalue weighted by Crippen LogP contribution is -2.35. The van der Waals surface area contributed by atoms with Crippen LogP contribution in [0.15, 0.2) is 28.7 Å². The zero-order chi connectivity index (χ0) is 13.5. The molecule has 0 radical (unpaired) electrons. The van der Waals surface area contributed by atoms with Crippen LogP contribution in [0, 0.1) is 5.82 Å². The van der Waals surface area contributed by atoms with Gasteiger partial charge in [0.05, 0.1) is 12.6 Å². The Morgan fingerprint density at radius 3 is 2.94 bits per heavy atom. The normalized spacial score (nSPS) is 12.7. The minimum absolute atomic E-state index is 0.110. The summed E-state index contributed by atoms with van der Waals surface area (Å²) in [4.78, 5) is 11.5. The number of aliphatic hydroxyl groups excluding tert-OH is 1. The first-order chi connectivity index (χ1) is 8.56. The molecule has 1 atom stereocenters. The molecule has 0 aliphatic heterocycles. The molecule has 5 heteroatoms. The van der Waals surface area contributed by atoms with Crippen molar-refractivity contribution in [2.45, 2.75) is 19.4 Å². The molecule has 0 heterocycles. The minimum Gasteiger partial charge on any atom is -0.394 e. The van der Waals surface area contributed by atoms with Crippen molar-refractivity contribution in [2.75, 3.05) is 6.61 Å². The molecule has 0 spiro atoms. The summed E-state index contributed by atoms with van der Waals surface area (Å²) in [5.41, 5.74) is 0.330. The lowest BCUT2D eigenvalue weighted by atomic mass is 10.2. The van der Waals surface area contributed by atoms with E-state index in [1.807, 2.05) is 6.92 Å². The van der Waals surface area contributed by atoms with Crippen LogP contribution in [-0.4, -0.2) is 23.7 Å². The quantitative estimate of drug-likeness (QED) is 0.820. The second kappa shape index (κ2) is 7.28. The summed E-state index contributed by atoms with van der Waals surface area (Å²) in [5.74, 6) is -0.744. The predicted molar refractivity (Wildman–Crippen MR) is 72.4 cm³/mol. The predicted octanol–water partition coefficient (Wildman–Crippen LogP) is 2.49. The molecule has 98 valence electrons. The molecule has 0 aliphatic rings. The van der Waals surface area contributed by atoms with Crippen molar-refractivity contribution in [1.82, 2.24) is 5.32 Å². The standard InChI is InChI=1S/C13H15BrFNO2/c1-2-11(8-17)16-13(18)6-3-9-7-10(14)4-5-12(9)15/h3-7,11,17H,2,8H2,1H3,(H,16,18)/b6-3+. The Morgan fingerprint density at radius 2 is 2.33 bits per heavy atom. The lowest BCUT2D eigenvalue weighted by Gasteiger charge is -2.11. The van der Waals surface area contributed by atoms with Gasteiger partial charge in [0.1, 0.15) is 5.82 Å². The summed E-state index contributed by atoms with van der Waals surface area (Å²) < 4.78 is 14.1. The summed E-state index contributed by atoms with van der Waals surface area (Å²) in [6.07, 6.45) is 3.30. The molecule has 1 rings (SSSR count). The summed E-state index contributed by atoms with van der Waals surface area (Å²) in [7, 11) is 0. The average Bonchev–Trinajstić information content (AvgIpc) is 2.37. The summed E-state index contributed by atoms with van der Waals surface area (Å²) >= 11 is 3.23. The van der Waals surface area contributed by atoms with Crippen molar-refractivity contribution < 1.29 is 14.3 Å². The van der Waals surface area contributed by atoms with Gasteiger partial charge in [0, 0.05) is 16.1 Å². The van der Waals surface area contributed by atoms with E-state index in [9.17, 15) is 9.18 Å². The molecular weight excluding hydrogens is 301 g/mol. The van der Waals surface area contributed by atoms with Gasteiger partial charge in [-0.15, -0.1) is 0 Å². The zero-order valence-electron chi connectivity index (χ0n) is 9.99. The van der Waals surface area contributed by atoms with Gasteiger partial charge >= 0.3 is 0 Å². The van der Waals surface area contributed by atoms with Crippen LogP contribution < -0.4 is 5.32 Å². The molecule has 1 aromatic carbocycles. The maximum absolute atomic E-state index is 13.4. The molecule has 18 heavy (non-hydrogen) atoms. The van der Waals surface area contributed by atoms with Crippen molar-refractivity contribution in [3.05, 3.63) is 40.1 Å². The van der Waals surface area contributed by atoms with Gasteiger partial charge < -0.3 is 10.4 Å². The van der Waals surface area contributed by atoms with Crippen molar-refractivity contribution in [2.24, 2.45) is 0 Å². The van der Waals surface area contributed by atoms with Gasteiger partial charge in [-0.2, -0.15) is 0 Å². The Morgan fingerprint density at radius 1 is 1.61 bits per heavy atom. The van der Waals surface area contributed by atoms with Gasteiger partial charge in [0.2, 0.25) is 5.91 Å². The number of aliphatic hydroxyl groups is 1. The van der Waals surface area contributed by atoms with Crippen molar-refractivity contribution in [3.63, 3.8) is 0 Å². The Labute approximate surface area is 114 Å². The fourth-order valence-electron chi connectivity index (χ4n) is 1.33. The fraction of sp³-hybridized carbons (Fsp3) is 0.308. The van der Waals surface area contributed by atoms with Gasteiger partial charge in [0.15, 0.2) is 0 Å². The third kappa shape index (κ3) is 4.58. The van der Waals surface area contributed by atoms with Gasteiger partial charge in [-0.05, 0) is 30.7 Å². The van der Waals surface area contributed by atoms with Crippen LogP contribution in [0.25, 0.3) is 6.08 Å². The molecule has 1 amide bonds. The van der Waals surface area contributed by atoms with E-state index in [1.54, 1.807) is 12.1 Å². The summed E-state index contributed by atoms with van der Waals surface area (Å²) in [5, 5.41) is 11.5. The van der Waals surface area contributed by atoms with E-state index in [0.29, 0.717) is 12.0 Å². The van der Waals surface area contributed by atoms with E-state index >= 15 is 0 Å². The third-order valence-corrected chi connectivity index (χ3v) is 2.93. The molecule has 0 fully saturated rings. The van der Waals surface area contributed by atoms with Crippen molar-refractivity contribution in [1.29, 1.82) is 0 Å². The molecule has 1 unspecified atom stereocenters. The number of nitrogens with one attached hydrogen (secondary N) is 1. The maximum atomic E-state index is 13.4. The van der Waals surface area contributed by atoms with E-state index in [1.165, 1.54) is 18.2 Å². The van der Waals surface area contributed by atoms with E-state index in [0.717, 1.165) is 4.47 Å². The monoisotopic (exact) mass is 315 g/mol. The van der Waals surface area contributed by atoms with Crippen LogP contribution in [-0.2, 0) is 4.79 Å². The Kier molecular flexibility index (Phi) is 6.01. The third-order valence-electron chi connectivity index (χ3n) is 2.43. The number of benzene rings is 1. The number of carbonyl (C=O) groups is 1. The molecule has 3 nitrogen and oxygen atoms in total. The van der Waals surface area contributed by atoms with E-state index in [2.05, 4.69) is 21.2 Å². The summed E-state index contributed by atoms with van der Waals surface area (Å²) in [6, 6.07) is 4.23. The number of halogens is 2. The van der Waals surface area contributed by atoms with Crippen LogP contribution >= 0.6 is 15.9 Å². The SMILES string of the molecule is CCC(CO)NC(=O)/C=C/c1cc(Br)ccc1F. The molecule has 0 aliphatic carbocycles. The van der Waals surface area contributed by atoms with Gasteiger partial charge in [-0.3, -0.25) is 4.79 Å². The number of hydrogen-bond donors (Lipinski definition) is 2. The first kappa shape index (κ1) is 14.9. The number of rotatable bonds is 5. The fourth-order valence-corrected chi connectivity index (χ4v) is 1.71. The Balaban J connectivity index is 2.68. The number of amides is 1. The zero-order valence-corrected chi connectivity index (χ0v) is 11.6. The minimum atomic E-state index is -0.392. The highest BCUT2D eigenvalue weighted by atomic mass is 79.9. The maximum Gasteiger partial charge on any atom is 0.244 e. The molecule has 0 aromatic heterocycles. The molecule has 0 saturated carbocycles. The highest BCUT2D eigenvalue weighted by Gasteiger charge is 2.06. The number of carbonyl (C=O) groups excluding carboxylic acids is 1. The number of hydrogen-bond acceptors (Lipinski definition) is 2. The lowest BCUT2D eigenvalue weighted by molar-refractivity contribution is -0.117. The van der Waals surface area contributed by atoms with Crippen LogP contribution in [0.3, 0.4) is 0 Å². The van der Waals surface area contributed by atoms with Crippen molar-refractivity contribution >= 4 is 27.9 Å². The molecule has 1 aromatic rings.